The van der Waals surface area contributed by atoms with Crippen molar-refractivity contribution in [3.8, 4) is 0 Å². The van der Waals surface area contributed by atoms with Crippen molar-refractivity contribution in [3.63, 3.8) is 0 Å². The second kappa shape index (κ2) is 4.36. The lowest BCUT2D eigenvalue weighted by Crippen LogP contribution is -2.10. The van der Waals surface area contributed by atoms with Crippen LogP contribution in [0.4, 0.5) is 9.80 Å². The van der Waals surface area contributed by atoms with Crippen LogP contribution < -0.4 is 5.32 Å². The molecule has 0 saturated heterocycles. The minimum absolute atomic E-state index is 0.192. The molecule has 0 fully saturated rings. The fraction of sp³-hybridized carbons (Fsp3) is 0.429. The molecule has 0 aromatic carbocycles. The van der Waals surface area contributed by atoms with E-state index < -0.39 is 12.4 Å². The Morgan fingerprint density at radius 2 is 2.36 bits per heavy atom. The van der Waals surface area contributed by atoms with E-state index in [2.05, 4.69) is 15.0 Å². The van der Waals surface area contributed by atoms with Crippen LogP contribution in [0.1, 0.15) is 17.0 Å². The Balaban J connectivity index is 2.96. The van der Waals surface area contributed by atoms with Crippen molar-refractivity contribution in [3.05, 3.63) is 10.7 Å². The molecule has 0 bridgehead atoms. The first-order chi connectivity index (χ1) is 6.54. The molecule has 0 radical (unpaired) electrons. The van der Waals surface area contributed by atoms with Crippen molar-refractivity contribution >= 4 is 22.4 Å². The van der Waals surface area contributed by atoms with Crippen LogP contribution in [0, 0.1) is 6.92 Å². The van der Waals surface area contributed by atoms with E-state index in [0.717, 1.165) is 11.3 Å². The first-order valence-electron chi connectivity index (χ1n) is 3.72. The number of rotatable bonds is 3. The second-order valence-electron chi connectivity index (χ2n) is 2.47. The van der Waals surface area contributed by atoms with E-state index in [9.17, 15) is 9.90 Å². The summed E-state index contributed by atoms with van der Waals surface area (Å²) in [4.78, 5) is 14.3. The molecule has 1 heterocycles. The van der Waals surface area contributed by atoms with Crippen LogP contribution in [0.15, 0.2) is 0 Å². The maximum atomic E-state index is 10.4. The number of hydrogen-bond donors (Lipinski definition) is 3. The number of aromatic nitrogens is 1. The maximum Gasteiger partial charge on any atom is 0.409 e. The summed E-state index contributed by atoms with van der Waals surface area (Å²) in [6.07, 6.45) is -2.40. The molecular formula is C7H10N2O4S. The monoisotopic (exact) mass is 218 g/mol. The molecule has 1 amide bonds. The third-order valence-electron chi connectivity index (χ3n) is 1.44. The highest BCUT2D eigenvalue weighted by Crippen LogP contribution is 2.29. The summed E-state index contributed by atoms with van der Waals surface area (Å²) in [5.74, 6) is 0. The van der Waals surface area contributed by atoms with Crippen LogP contribution in [0.5, 0.6) is 0 Å². The van der Waals surface area contributed by atoms with Crippen molar-refractivity contribution in [2.24, 2.45) is 0 Å². The van der Waals surface area contributed by atoms with Gasteiger partial charge in [0.2, 0.25) is 6.29 Å². The number of methoxy groups -OCH3 is 1. The first-order valence-corrected chi connectivity index (χ1v) is 4.54. The maximum absolute atomic E-state index is 10.4. The molecule has 78 valence electrons. The summed E-state index contributed by atoms with van der Waals surface area (Å²) in [5, 5.41) is 20.9. The van der Waals surface area contributed by atoms with Gasteiger partial charge in [0.1, 0.15) is 10.7 Å². The van der Waals surface area contributed by atoms with Crippen molar-refractivity contribution in [2.75, 3.05) is 12.4 Å². The fourth-order valence-corrected chi connectivity index (χ4v) is 1.74. The number of aliphatic hydroxyl groups excluding tert-OH is 1. The van der Waals surface area contributed by atoms with E-state index in [0.29, 0.717) is 5.01 Å². The third-order valence-corrected chi connectivity index (χ3v) is 2.34. The molecule has 14 heavy (non-hydrogen) atoms. The normalized spacial score (nSPS) is 12.5. The molecule has 7 heteroatoms. The van der Waals surface area contributed by atoms with Gasteiger partial charge in [0, 0.05) is 7.11 Å². The van der Waals surface area contributed by atoms with Gasteiger partial charge in [-0.2, -0.15) is 0 Å². The fourth-order valence-electron chi connectivity index (χ4n) is 0.909. The smallest absolute Gasteiger partial charge is 0.409 e. The van der Waals surface area contributed by atoms with Crippen LogP contribution in [0.3, 0.4) is 0 Å². The summed E-state index contributed by atoms with van der Waals surface area (Å²) < 4.78 is 4.64. The van der Waals surface area contributed by atoms with Gasteiger partial charge in [-0.25, -0.2) is 9.78 Å². The molecule has 0 aliphatic heterocycles. The minimum Gasteiger partial charge on any atom is -0.465 e. The SMILES string of the molecule is COC(O)c1nc(C)sc1NC(=O)O. The number of aliphatic hydroxyl groups is 1. The van der Waals surface area contributed by atoms with Crippen molar-refractivity contribution in [1.29, 1.82) is 0 Å². The summed E-state index contributed by atoms with van der Waals surface area (Å²) in [7, 11) is 1.31. The number of carboxylic acid groups (broad SMARTS) is 1. The van der Waals surface area contributed by atoms with Crippen LogP contribution >= 0.6 is 11.3 Å². The van der Waals surface area contributed by atoms with Gasteiger partial charge in [-0.3, -0.25) is 5.32 Å². The van der Waals surface area contributed by atoms with E-state index in [1.807, 2.05) is 0 Å². The molecule has 0 spiro atoms. The molecule has 1 aromatic rings. The van der Waals surface area contributed by atoms with E-state index in [1.54, 1.807) is 6.92 Å². The zero-order chi connectivity index (χ0) is 10.7. The van der Waals surface area contributed by atoms with Crippen LogP contribution in [0.25, 0.3) is 0 Å². The number of amides is 1. The molecule has 1 atom stereocenters. The summed E-state index contributed by atoms with van der Waals surface area (Å²) in [5.41, 5.74) is 0.192. The van der Waals surface area contributed by atoms with E-state index in [-0.39, 0.29) is 10.7 Å². The number of ether oxygens (including phenoxy) is 1. The third kappa shape index (κ3) is 2.41. The average molecular weight is 218 g/mol. The van der Waals surface area contributed by atoms with E-state index in [4.69, 9.17) is 5.11 Å². The zero-order valence-corrected chi connectivity index (χ0v) is 8.46. The predicted molar refractivity (Wildman–Crippen MR) is 50.5 cm³/mol. The summed E-state index contributed by atoms with van der Waals surface area (Å²) >= 11 is 1.14. The standard InChI is InChI=1S/C7H10N2O4S/c1-3-8-4(6(10)13-2)5(14-3)9-7(11)12/h6,9-10H,1-2H3,(H,11,12). The highest BCUT2D eigenvalue weighted by molar-refractivity contribution is 7.16. The lowest BCUT2D eigenvalue weighted by atomic mass is 10.4. The topological polar surface area (TPSA) is 91.7 Å². The largest absolute Gasteiger partial charge is 0.465 e. The van der Waals surface area contributed by atoms with Gasteiger partial charge in [-0.05, 0) is 6.92 Å². The molecule has 0 saturated carbocycles. The van der Waals surface area contributed by atoms with Gasteiger partial charge in [0.25, 0.3) is 0 Å². The molecular weight excluding hydrogens is 208 g/mol. The molecule has 0 aliphatic rings. The number of aryl methyl sites for hydroxylation is 1. The quantitative estimate of drug-likeness (QED) is 0.662. The highest BCUT2D eigenvalue weighted by Gasteiger charge is 2.18. The molecule has 1 unspecified atom stereocenters. The molecule has 0 aliphatic carbocycles. The number of anilines is 1. The number of carbonyl (C=O) groups is 1. The molecule has 1 rings (SSSR count). The highest BCUT2D eigenvalue weighted by atomic mass is 32.1. The number of thiazole rings is 1. The Bertz CT molecular complexity index is 338. The summed E-state index contributed by atoms with van der Waals surface area (Å²) in [6.45, 7) is 1.71. The summed E-state index contributed by atoms with van der Waals surface area (Å²) in [6, 6.07) is 0. The van der Waals surface area contributed by atoms with Crippen molar-refractivity contribution in [1.82, 2.24) is 4.98 Å². The van der Waals surface area contributed by atoms with Gasteiger partial charge >= 0.3 is 6.09 Å². The first kappa shape index (κ1) is 10.9. The van der Waals surface area contributed by atoms with Gasteiger partial charge < -0.3 is 14.9 Å². The lowest BCUT2D eigenvalue weighted by molar-refractivity contribution is -0.0790. The zero-order valence-electron chi connectivity index (χ0n) is 7.64. The van der Waals surface area contributed by atoms with Gasteiger partial charge in [-0.1, -0.05) is 0 Å². The van der Waals surface area contributed by atoms with Gasteiger partial charge in [0.15, 0.2) is 0 Å². The van der Waals surface area contributed by atoms with Gasteiger partial charge in [-0.15, -0.1) is 11.3 Å². The Kier molecular flexibility index (Phi) is 3.39. The Labute approximate surface area is 84.2 Å². The van der Waals surface area contributed by atoms with Crippen LogP contribution in [0.2, 0.25) is 0 Å². The second-order valence-corrected chi connectivity index (χ2v) is 3.67. The molecule has 1 aromatic heterocycles. The number of nitrogens with one attached hydrogen (secondary N) is 1. The number of nitrogens with zero attached hydrogens (tertiary/aromatic N) is 1. The minimum atomic E-state index is -1.21. The molecule has 6 nitrogen and oxygen atoms in total. The van der Waals surface area contributed by atoms with E-state index >= 15 is 0 Å². The Morgan fingerprint density at radius 3 is 2.86 bits per heavy atom. The van der Waals surface area contributed by atoms with Crippen molar-refractivity contribution in [2.45, 2.75) is 13.2 Å². The number of hydrogen-bond acceptors (Lipinski definition) is 5. The average Bonchev–Trinajstić information content (AvgIpc) is 2.44. The van der Waals surface area contributed by atoms with Gasteiger partial charge in [0.05, 0.1) is 5.01 Å². The van der Waals surface area contributed by atoms with Crippen LogP contribution in [-0.2, 0) is 4.74 Å². The van der Waals surface area contributed by atoms with Crippen molar-refractivity contribution < 1.29 is 19.7 Å². The van der Waals surface area contributed by atoms with E-state index in [1.165, 1.54) is 7.11 Å². The predicted octanol–water partition coefficient (Wildman–Crippen LogP) is 1.18. The Hall–Kier alpha value is -1.18. The van der Waals surface area contributed by atoms with Crippen LogP contribution in [-0.4, -0.2) is 28.4 Å². The Morgan fingerprint density at radius 1 is 1.71 bits per heavy atom. The lowest BCUT2D eigenvalue weighted by Gasteiger charge is -2.06. The molecule has 3 N–H and O–H groups in total.